The molecule has 0 bridgehead atoms. The van der Waals surface area contributed by atoms with Gasteiger partial charge < -0.3 is 20.4 Å². The fourth-order valence-corrected chi connectivity index (χ4v) is 6.01. The highest BCUT2D eigenvalue weighted by Gasteiger charge is 2.59. The Bertz CT molecular complexity index is 1210. The summed E-state index contributed by atoms with van der Waals surface area (Å²) in [5, 5.41) is 24.4. The average molecular weight is 486 g/mol. The van der Waals surface area contributed by atoms with Gasteiger partial charge in [-0.3, -0.25) is 9.79 Å². The summed E-state index contributed by atoms with van der Waals surface area (Å²) in [6.45, 7) is 2.12. The topological polar surface area (TPSA) is 111 Å². The summed E-state index contributed by atoms with van der Waals surface area (Å²) in [5.74, 6) is 0.279. The Kier molecular flexibility index (Phi) is 5.13. The molecule has 34 heavy (non-hydrogen) atoms. The zero-order valence-corrected chi connectivity index (χ0v) is 19.3. The molecule has 2 aliphatic carbocycles. The van der Waals surface area contributed by atoms with Gasteiger partial charge in [0.1, 0.15) is 30.1 Å². The van der Waals surface area contributed by atoms with Gasteiger partial charge in [-0.2, -0.15) is 0 Å². The van der Waals surface area contributed by atoms with Gasteiger partial charge in [-0.1, -0.05) is 17.7 Å². The molecule has 0 unspecified atom stereocenters. The Labute approximate surface area is 200 Å². The Morgan fingerprint density at radius 3 is 2.79 bits per heavy atom. The fourth-order valence-electron chi connectivity index (χ4n) is 5.83. The first kappa shape index (κ1) is 21.9. The molecule has 0 spiro atoms. The number of benzene rings is 1. The number of fused-ring (bicyclic) bond motifs is 2. The first-order valence-corrected chi connectivity index (χ1v) is 11.9. The minimum absolute atomic E-state index is 0.0302. The third kappa shape index (κ3) is 3.40. The number of aliphatic hydroxyl groups is 2. The average Bonchev–Trinajstić information content (AvgIpc) is 3.22. The minimum Gasteiger partial charge on any atom is -0.390 e. The van der Waals surface area contributed by atoms with Crippen LogP contribution in [-0.2, 0) is 11.3 Å². The van der Waals surface area contributed by atoms with Gasteiger partial charge in [0.2, 0.25) is 0 Å². The van der Waals surface area contributed by atoms with Crippen molar-refractivity contribution >= 4 is 29.0 Å². The third-order valence-electron chi connectivity index (χ3n) is 7.68. The second-order valence-corrected chi connectivity index (χ2v) is 10.2. The minimum atomic E-state index is -1.15. The lowest BCUT2D eigenvalue weighted by Crippen LogP contribution is -2.40. The summed E-state index contributed by atoms with van der Waals surface area (Å²) in [6.07, 6.45) is -0.389. The summed E-state index contributed by atoms with van der Waals surface area (Å²) in [6, 6.07) is 4.63. The van der Waals surface area contributed by atoms with Gasteiger partial charge in [0.15, 0.2) is 0 Å². The number of alkyl halides is 1. The van der Waals surface area contributed by atoms with E-state index >= 15 is 0 Å². The van der Waals surface area contributed by atoms with Crippen molar-refractivity contribution in [2.45, 2.75) is 56.8 Å². The van der Waals surface area contributed by atoms with Gasteiger partial charge in [-0.15, -0.1) is 0 Å². The summed E-state index contributed by atoms with van der Waals surface area (Å²) < 4.78 is 14.6. The highest BCUT2D eigenvalue weighted by atomic mass is 35.5. The summed E-state index contributed by atoms with van der Waals surface area (Å²) in [4.78, 5) is 28.4. The van der Waals surface area contributed by atoms with Crippen LogP contribution in [0.1, 0.15) is 41.3 Å². The first-order chi connectivity index (χ1) is 16.3. The quantitative estimate of drug-likeness (QED) is 0.612. The van der Waals surface area contributed by atoms with Gasteiger partial charge >= 0.3 is 0 Å². The number of halogens is 2. The van der Waals surface area contributed by atoms with Crippen molar-refractivity contribution in [1.29, 1.82) is 0 Å². The molecule has 3 fully saturated rings. The maximum absolute atomic E-state index is 14.6. The number of aryl methyl sites for hydroxylation is 1. The molecule has 7 atom stereocenters. The molecule has 1 aromatic heterocycles. The normalized spacial score (nSPS) is 33.5. The standard InChI is InChI=1S/C24H25ClFN5O3/c1-10-2-3-11(25)4-13(10)17-5-12(26)8-31(17)24(34)20-18-16(7-27-20)28-9-29-23(18)30-19-14-6-15(14)21(32)22(19)33/h2-4,9,12,14-15,17,19,21-22,32-33H,5-8H2,1H3,(H,28,29,30)/t12-,14-,15+,17+,19+,21+,22-/m0/s1. The highest BCUT2D eigenvalue weighted by Crippen LogP contribution is 2.53. The van der Waals surface area contributed by atoms with Crippen molar-refractivity contribution in [1.82, 2.24) is 14.9 Å². The Balaban J connectivity index is 1.31. The van der Waals surface area contributed by atoms with Gasteiger partial charge in [0.05, 0.1) is 42.5 Å². The molecule has 2 aromatic rings. The molecule has 1 saturated heterocycles. The molecule has 2 saturated carbocycles. The van der Waals surface area contributed by atoms with Crippen LogP contribution in [0.15, 0.2) is 29.5 Å². The van der Waals surface area contributed by atoms with Gasteiger partial charge in [-0.25, -0.2) is 14.4 Å². The van der Waals surface area contributed by atoms with E-state index in [2.05, 4.69) is 20.3 Å². The lowest BCUT2D eigenvalue weighted by atomic mass is 9.98. The first-order valence-electron chi connectivity index (χ1n) is 11.6. The van der Waals surface area contributed by atoms with Crippen molar-refractivity contribution in [3.05, 3.63) is 51.9 Å². The number of aliphatic imine (C=N–C) groups is 1. The molecule has 1 amide bonds. The van der Waals surface area contributed by atoms with Crippen molar-refractivity contribution in [3.8, 4) is 0 Å². The number of nitrogens with one attached hydrogen (secondary N) is 1. The number of hydrogen-bond donors (Lipinski definition) is 3. The lowest BCUT2D eigenvalue weighted by Gasteiger charge is -2.27. The van der Waals surface area contributed by atoms with E-state index in [1.807, 2.05) is 13.0 Å². The molecule has 4 aliphatic rings. The van der Waals surface area contributed by atoms with Crippen LogP contribution in [-0.4, -0.2) is 67.7 Å². The second kappa shape index (κ2) is 7.96. The Hall–Kier alpha value is -2.62. The van der Waals surface area contributed by atoms with E-state index in [1.54, 1.807) is 12.1 Å². The maximum atomic E-state index is 14.6. The Morgan fingerprint density at radius 2 is 2.03 bits per heavy atom. The largest absolute Gasteiger partial charge is 0.390 e. The number of carbonyl (C=O) groups is 1. The van der Waals surface area contributed by atoms with Gasteiger partial charge in [0, 0.05) is 11.4 Å². The number of aromatic nitrogens is 2. The van der Waals surface area contributed by atoms with Crippen LogP contribution >= 0.6 is 11.6 Å². The van der Waals surface area contributed by atoms with Crippen molar-refractivity contribution < 1.29 is 19.4 Å². The maximum Gasteiger partial charge on any atom is 0.273 e. The monoisotopic (exact) mass is 485 g/mol. The predicted octanol–water partition coefficient (Wildman–Crippen LogP) is 2.20. The number of aliphatic hydroxyl groups excluding tert-OH is 2. The Morgan fingerprint density at radius 1 is 1.21 bits per heavy atom. The van der Waals surface area contributed by atoms with Crippen LogP contribution in [0.2, 0.25) is 5.02 Å². The number of amides is 1. The van der Waals surface area contributed by atoms with E-state index in [9.17, 15) is 19.4 Å². The second-order valence-electron chi connectivity index (χ2n) is 9.73. The van der Waals surface area contributed by atoms with Crippen LogP contribution in [0, 0.1) is 18.8 Å². The van der Waals surface area contributed by atoms with E-state index in [-0.39, 0.29) is 49.0 Å². The molecule has 3 heterocycles. The zero-order chi connectivity index (χ0) is 23.7. The number of likely N-dealkylation sites (tertiary alicyclic amines) is 1. The summed E-state index contributed by atoms with van der Waals surface area (Å²) in [7, 11) is 0. The third-order valence-corrected chi connectivity index (χ3v) is 7.91. The molecule has 3 N–H and O–H groups in total. The lowest BCUT2D eigenvalue weighted by molar-refractivity contribution is -0.125. The molecule has 1 aromatic carbocycles. The van der Waals surface area contributed by atoms with E-state index in [1.165, 1.54) is 11.2 Å². The number of nitrogens with zero attached hydrogens (tertiary/aromatic N) is 4. The van der Waals surface area contributed by atoms with Crippen LogP contribution in [0.4, 0.5) is 10.2 Å². The molecule has 10 heteroatoms. The molecule has 2 aliphatic heterocycles. The van der Waals surface area contributed by atoms with Crippen LogP contribution in [0.3, 0.4) is 0 Å². The fraction of sp³-hybridized carbons (Fsp3) is 0.500. The molecule has 178 valence electrons. The highest BCUT2D eigenvalue weighted by molar-refractivity contribution is 6.47. The van der Waals surface area contributed by atoms with Crippen molar-refractivity contribution in [2.75, 3.05) is 11.9 Å². The summed E-state index contributed by atoms with van der Waals surface area (Å²) in [5.41, 5.74) is 3.05. The van der Waals surface area contributed by atoms with E-state index in [4.69, 9.17) is 11.6 Å². The SMILES string of the molecule is Cc1ccc(Cl)cc1[C@H]1C[C@H](F)CN1C(=O)C1=NCc2ncnc(N[C@H]3[C@H](O)[C@H](O)[C@@H]4C[C@@H]43)c21. The van der Waals surface area contributed by atoms with E-state index < -0.39 is 24.4 Å². The van der Waals surface area contributed by atoms with Gasteiger partial charge in [-0.05, 0) is 48.4 Å². The number of carbonyl (C=O) groups excluding carboxylic acids is 1. The molecule has 6 rings (SSSR count). The van der Waals surface area contributed by atoms with E-state index in [0.717, 1.165) is 17.5 Å². The molecule has 0 radical (unpaired) electrons. The van der Waals surface area contributed by atoms with Crippen molar-refractivity contribution in [2.24, 2.45) is 16.8 Å². The zero-order valence-electron chi connectivity index (χ0n) is 18.5. The molecule has 8 nitrogen and oxygen atoms in total. The molecular weight excluding hydrogens is 461 g/mol. The number of rotatable bonds is 4. The number of hydrogen-bond acceptors (Lipinski definition) is 7. The molecular formula is C24H25ClFN5O3. The van der Waals surface area contributed by atoms with Crippen molar-refractivity contribution in [3.63, 3.8) is 0 Å². The summed E-state index contributed by atoms with van der Waals surface area (Å²) >= 11 is 6.21. The predicted molar refractivity (Wildman–Crippen MR) is 123 cm³/mol. The van der Waals surface area contributed by atoms with E-state index in [0.29, 0.717) is 22.1 Å². The van der Waals surface area contributed by atoms with Crippen LogP contribution in [0.25, 0.3) is 0 Å². The number of anilines is 1. The van der Waals surface area contributed by atoms with Crippen LogP contribution in [0.5, 0.6) is 0 Å². The smallest absolute Gasteiger partial charge is 0.273 e. The van der Waals surface area contributed by atoms with Crippen LogP contribution < -0.4 is 5.32 Å². The van der Waals surface area contributed by atoms with Gasteiger partial charge in [0.25, 0.3) is 5.91 Å².